The van der Waals surface area contributed by atoms with E-state index in [0.29, 0.717) is 24.1 Å². The normalized spacial score (nSPS) is 15.6. The van der Waals surface area contributed by atoms with Crippen molar-refractivity contribution in [3.05, 3.63) is 47.0 Å². The number of benzene rings is 1. The average molecular weight is 331 g/mol. The summed E-state index contributed by atoms with van der Waals surface area (Å²) in [6.07, 6.45) is 2.50. The van der Waals surface area contributed by atoms with Crippen LogP contribution in [0, 0.1) is 5.92 Å². The lowest BCUT2D eigenvalue weighted by Crippen LogP contribution is -2.41. The molecule has 1 aromatic heterocycles. The quantitative estimate of drug-likeness (QED) is 0.905. The van der Waals surface area contributed by atoms with E-state index in [1.165, 1.54) is 16.9 Å². The Morgan fingerprint density at radius 2 is 2.04 bits per heavy atom. The van der Waals surface area contributed by atoms with Crippen molar-refractivity contribution in [2.24, 2.45) is 5.92 Å². The lowest BCUT2D eigenvalue weighted by Gasteiger charge is -2.30. The Morgan fingerprint density at radius 1 is 1.30 bits per heavy atom. The van der Waals surface area contributed by atoms with Gasteiger partial charge in [0.1, 0.15) is 0 Å². The van der Waals surface area contributed by atoms with Gasteiger partial charge in [-0.2, -0.15) is 0 Å². The van der Waals surface area contributed by atoms with Gasteiger partial charge in [0.25, 0.3) is 0 Å². The molecule has 0 spiro atoms. The molecule has 1 aromatic carbocycles. The van der Waals surface area contributed by atoms with Gasteiger partial charge in [-0.1, -0.05) is 30.3 Å². The third-order valence-electron chi connectivity index (χ3n) is 4.15. The first-order chi connectivity index (χ1) is 11.2. The van der Waals surface area contributed by atoms with Gasteiger partial charge in [-0.15, -0.1) is 11.3 Å². The largest absolute Gasteiger partial charge is 0.396 e. The van der Waals surface area contributed by atoms with Gasteiger partial charge in [0, 0.05) is 31.5 Å². The number of aliphatic hydroxyl groups is 1. The van der Waals surface area contributed by atoms with Gasteiger partial charge in [0.15, 0.2) is 5.13 Å². The fraction of sp³-hybridized carbons (Fsp3) is 0.412. The molecular weight excluding hydrogens is 310 g/mol. The summed E-state index contributed by atoms with van der Waals surface area (Å²) in [7, 11) is 0. The molecule has 6 heteroatoms. The molecule has 2 heterocycles. The van der Waals surface area contributed by atoms with E-state index < -0.39 is 0 Å². The number of anilines is 1. The summed E-state index contributed by atoms with van der Waals surface area (Å²) in [5.74, 6) is 0.330. The van der Waals surface area contributed by atoms with Crippen LogP contribution in [0.15, 0.2) is 35.7 Å². The number of hydrogen-bond donors (Lipinski definition) is 2. The Kier molecular flexibility index (Phi) is 5.25. The van der Waals surface area contributed by atoms with Gasteiger partial charge in [0.2, 0.25) is 0 Å². The number of aromatic nitrogens is 1. The molecule has 0 unspecified atom stereocenters. The number of urea groups is 1. The molecule has 0 atom stereocenters. The molecule has 0 saturated carbocycles. The Morgan fingerprint density at radius 3 is 2.74 bits per heavy atom. The second kappa shape index (κ2) is 7.57. The number of amides is 2. The zero-order chi connectivity index (χ0) is 16.1. The molecule has 0 bridgehead atoms. The number of likely N-dealkylation sites (tertiary alicyclic amines) is 1. The summed E-state index contributed by atoms with van der Waals surface area (Å²) in [5.41, 5.74) is 2.18. The van der Waals surface area contributed by atoms with Crippen LogP contribution in [0.1, 0.15) is 24.1 Å². The smallest absolute Gasteiger partial charge is 0.323 e. The van der Waals surface area contributed by atoms with Crippen LogP contribution in [-0.4, -0.2) is 40.7 Å². The molecule has 1 aliphatic heterocycles. The predicted molar refractivity (Wildman–Crippen MR) is 91.8 cm³/mol. The molecule has 0 radical (unpaired) electrons. The highest BCUT2D eigenvalue weighted by molar-refractivity contribution is 7.13. The van der Waals surface area contributed by atoms with Gasteiger partial charge in [0.05, 0.1) is 5.69 Å². The van der Waals surface area contributed by atoms with Crippen molar-refractivity contribution in [3.8, 4) is 0 Å². The van der Waals surface area contributed by atoms with Crippen molar-refractivity contribution in [1.29, 1.82) is 0 Å². The van der Waals surface area contributed by atoms with E-state index in [-0.39, 0.29) is 12.6 Å². The minimum Gasteiger partial charge on any atom is -0.396 e. The van der Waals surface area contributed by atoms with Crippen molar-refractivity contribution in [2.75, 3.05) is 25.0 Å². The van der Waals surface area contributed by atoms with E-state index in [2.05, 4.69) is 22.4 Å². The van der Waals surface area contributed by atoms with Crippen molar-refractivity contribution in [2.45, 2.75) is 19.3 Å². The van der Waals surface area contributed by atoms with E-state index in [0.717, 1.165) is 25.0 Å². The highest BCUT2D eigenvalue weighted by atomic mass is 32.1. The third kappa shape index (κ3) is 4.30. The van der Waals surface area contributed by atoms with Crippen LogP contribution in [0.2, 0.25) is 0 Å². The Hall–Kier alpha value is -1.92. The van der Waals surface area contributed by atoms with Crippen LogP contribution in [-0.2, 0) is 6.42 Å². The van der Waals surface area contributed by atoms with Crippen LogP contribution in [0.3, 0.4) is 0 Å². The number of thiazole rings is 1. The number of hydrogen-bond acceptors (Lipinski definition) is 4. The average Bonchev–Trinajstić information content (AvgIpc) is 3.02. The Labute approximate surface area is 140 Å². The molecule has 2 N–H and O–H groups in total. The lowest BCUT2D eigenvalue weighted by molar-refractivity contribution is 0.143. The number of nitrogens with one attached hydrogen (secondary N) is 1. The van der Waals surface area contributed by atoms with Crippen molar-refractivity contribution < 1.29 is 9.90 Å². The SMILES string of the molecule is O=C(Nc1nc(Cc2ccccc2)cs1)N1CCC(CO)CC1. The van der Waals surface area contributed by atoms with Crippen molar-refractivity contribution in [1.82, 2.24) is 9.88 Å². The summed E-state index contributed by atoms with van der Waals surface area (Å²) in [6, 6.07) is 10.1. The van der Waals surface area contributed by atoms with Crippen LogP contribution < -0.4 is 5.32 Å². The van der Waals surface area contributed by atoms with Crippen molar-refractivity contribution in [3.63, 3.8) is 0 Å². The van der Waals surface area contributed by atoms with Gasteiger partial charge >= 0.3 is 6.03 Å². The zero-order valence-corrected chi connectivity index (χ0v) is 13.8. The number of nitrogens with zero attached hydrogens (tertiary/aromatic N) is 2. The van der Waals surface area contributed by atoms with Gasteiger partial charge < -0.3 is 10.0 Å². The second-order valence-corrected chi connectivity index (χ2v) is 6.71. The van der Waals surface area contributed by atoms with E-state index in [9.17, 15) is 4.79 Å². The zero-order valence-electron chi connectivity index (χ0n) is 12.9. The maximum Gasteiger partial charge on any atom is 0.323 e. The minimum absolute atomic E-state index is 0.0954. The number of piperidine rings is 1. The number of rotatable bonds is 4. The van der Waals surface area contributed by atoms with E-state index in [1.54, 1.807) is 4.90 Å². The maximum absolute atomic E-state index is 12.2. The monoisotopic (exact) mass is 331 g/mol. The van der Waals surface area contributed by atoms with E-state index in [1.807, 2.05) is 23.6 Å². The first-order valence-corrected chi connectivity index (χ1v) is 8.77. The fourth-order valence-corrected chi connectivity index (χ4v) is 3.44. The molecule has 2 aromatic rings. The number of carbonyl (C=O) groups excluding carboxylic acids is 1. The van der Waals surface area contributed by atoms with E-state index >= 15 is 0 Å². The molecule has 122 valence electrons. The molecular formula is C17H21N3O2S. The maximum atomic E-state index is 12.2. The molecule has 2 amide bonds. The van der Waals surface area contributed by atoms with Crippen molar-refractivity contribution >= 4 is 22.5 Å². The molecule has 3 rings (SSSR count). The third-order valence-corrected chi connectivity index (χ3v) is 4.96. The first-order valence-electron chi connectivity index (χ1n) is 7.89. The molecule has 5 nitrogen and oxygen atoms in total. The highest BCUT2D eigenvalue weighted by Crippen LogP contribution is 2.20. The van der Waals surface area contributed by atoms with Crippen LogP contribution >= 0.6 is 11.3 Å². The predicted octanol–water partition coefficient (Wildman–Crippen LogP) is 2.97. The topological polar surface area (TPSA) is 65.5 Å². The minimum atomic E-state index is -0.0954. The van der Waals surface area contributed by atoms with Crippen LogP contribution in [0.4, 0.5) is 9.93 Å². The van der Waals surface area contributed by atoms with E-state index in [4.69, 9.17) is 5.11 Å². The standard InChI is InChI=1S/C17H21N3O2S/c21-11-14-6-8-20(9-7-14)17(22)19-16-18-15(12-23-16)10-13-4-2-1-3-5-13/h1-5,12,14,21H,6-11H2,(H,18,19,22). The highest BCUT2D eigenvalue weighted by Gasteiger charge is 2.22. The number of aliphatic hydroxyl groups excluding tert-OH is 1. The van der Waals surface area contributed by atoms with Gasteiger partial charge in [-0.05, 0) is 24.3 Å². The van der Waals surface area contributed by atoms with Crippen LogP contribution in [0.5, 0.6) is 0 Å². The molecule has 1 aliphatic rings. The fourth-order valence-electron chi connectivity index (χ4n) is 2.74. The lowest BCUT2D eigenvalue weighted by atomic mass is 9.98. The van der Waals surface area contributed by atoms with Crippen LogP contribution in [0.25, 0.3) is 0 Å². The first kappa shape index (κ1) is 16.0. The molecule has 0 aliphatic carbocycles. The second-order valence-electron chi connectivity index (χ2n) is 5.85. The summed E-state index contributed by atoms with van der Waals surface area (Å²) < 4.78 is 0. The Balaban J connectivity index is 1.53. The van der Waals surface area contributed by atoms with Gasteiger partial charge in [-0.25, -0.2) is 9.78 Å². The molecule has 23 heavy (non-hydrogen) atoms. The summed E-state index contributed by atoms with van der Waals surface area (Å²) in [4.78, 5) is 18.5. The summed E-state index contributed by atoms with van der Waals surface area (Å²) >= 11 is 1.46. The summed E-state index contributed by atoms with van der Waals surface area (Å²) in [5, 5.41) is 14.7. The Bertz CT molecular complexity index is 636. The van der Waals surface area contributed by atoms with Gasteiger partial charge in [-0.3, -0.25) is 5.32 Å². The molecule has 1 fully saturated rings. The number of carbonyl (C=O) groups is 1. The molecule has 1 saturated heterocycles. The summed E-state index contributed by atoms with van der Waals surface area (Å²) in [6.45, 7) is 1.60.